The van der Waals surface area contributed by atoms with Crippen molar-refractivity contribution in [2.24, 2.45) is 10.9 Å². The molecule has 0 atom stereocenters. The van der Waals surface area contributed by atoms with Crippen molar-refractivity contribution in [2.45, 2.75) is 39.2 Å². The maximum absolute atomic E-state index is 12.2. The number of carbonyl (C=O) groups is 1. The SMILES string of the molecule is CN=C(NCc1cccc(NC(=O)N2CCCC2)c1)N1CCC(C)CC1. The minimum Gasteiger partial charge on any atom is -0.352 e. The summed E-state index contributed by atoms with van der Waals surface area (Å²) in [6, 6.07) is 8.04. The number of hydrogen-bond donors (Lipinski definition) is 2. The van der Waals surface area contributed by atoms with E-state index in [0.717, 1.165) is 62.1 Å². The molecule has 2 heterocycles. The molecule has 2 fully saturated rings. The molecule has 2 amide bonds. The van der Waals surface area contributed by atoms with Crippen molar-refractivity contribution < 1.29 is 4.79 Å². The van der Waals surface area contributed by atoms with Gasteiger partial charge in [0.15, 0.2) is 5.96 Å². The maximum atomic E-state index is 12.2. The molecular weight excluding hydrogens is 326 g/mol. The van der Waals surface area contributed by atoms with Crippen molar-refractivity contribution in [3.63, 3.8) is 0 Å². The Morgan fingerprint density at radius 2 is 1.88 bits per heavy atom. The molecule has 2 aliphatic rings. The first-order valence-electron chi connectivity index (χ1n) is 9.76. The summed E-state index contributed by atoms with van der Waals surface area (Å²) in [6.45, 7) is 6.86. The fourth-order valence-corrected chi connectivity index (χ4v) is 3.62. The lowest BCUT2D eigenvalue weighted by atomic mass is 9.99. The molecule has 2 saturated heterocycles. The summed E-state index contributed by atoms with van der Waals surface area (Å²) in [5.74, 6) is 1.77. The van der Waals surface area contributed by atoms with Gasteiger partial charge >= 0.3 is 6.03 Å². The van der Waals surface area contributed by atoms with Crippen LogP contribution in [-0.2, 0) is 6.54 Å². The second-order valence-electron chi connectivity index (χ2n) is 7.40. The molecule has 142 valence electrons. The number of piperidine rings is 1. The van der Waals surface area contributed by atoms with Gasteiger partial charge in [-0.1, -0.05) is 19.1 Å². The van der Waals surface area contributed by atoms with Crippen molar-refractivity contribution in [3.8, 4) is 0 Å². The molecule has 0 aliphatic carbocycles. The van der Waals surface area contributed by atoms with E-state index in [9.17, 15) is 4.79 Å². The number of urea groups is 1. The second-order valence-corrected chi connectivity index (χ2v) is 7.40. The van der Waals surface area contributed by atoms with Gasteiger partial charge in [0.05, 0.1) is 0 Å². The van der Waals surface area contributed by atoms with E-state index in [1.165, 1.54) is 12.8 Å². The molecule has 6 nitrogen and oxygen atoms in total. The zero-order valence-corrected chi connectivity index (χ0v) is 16.0. The number of aliphatic imine (C=N–C) groups is 1. The van der Waals surface area contributed by atoms with Gasteiger partial charge in [0.1, 0.15) is 0 Å². The Labute approximate surface area is 156 Å². The lowest BCUT2D eigenvalue weighted by molar-refractivity contribution is 0.222. The van der Waals surface area contributed by atoms with Crippen LogP contribution in [0.25, 0.3) is 0 Å². The van der Waals surface area contributed by atoms with Crippen LogP contribution < -0.4 is 10.6 Å². The molecule has 6 heteroatoms. The summed E-state index contributed by atoms with van der Waals surface area (Å²) in [5, 5.41) is 6.47. The predicted molar refractivity (Wildman–Crippen MR) is 106 cm³/mol. The lowest BCUT2D eigenvalue weighted by Gasteiger charge is -2.33. The highest BCUT2D eigenvalue weighted by molar-refractivity contribution is 5.89. The van der Waals surface area contributed by atoms with Crippen LogP contribution in [0.15, 0.2) is 29.3 Å². The van der Waals surface area contributed by atoms with E-state index in [-0.39, 0.29) is 6.03 Å². The Bertz CT molecular complexity index is 631. The molecule has 0 bridgehead atoms. The zero-order chi connectivity index (χ0) is 18.4. The monoisotopic (exact) mass is 357 g/mol. The van der Waals surface area contributed by atoms with Crippen molar-refractivity contribution in [1.29, 1.82) is 0 Å². The summed E-state index contributed by atoms with van der Waals surface area (Å²) in [5.41, 5.74) is 1.98. The third-order valence-corrected chi connectivity index (χ3v) is 5.32. The van der Waals surface area contributed by atoms with Crippen LogP contribution in [0, 0.1) is 5.92 Å². The number of guanidine groups is 1. The third kappa shape index (κ3) is 4.90. The second kappa shape index (κ2) is 8.92. The standard InChI is InChI=1S/C20H31N5O/c1-16-8-12-24(13-9-16)19(21-2)22-15-17-6-5-7-18(14-17)23-20(26)25-10-3-4-11-25/h5-7,14,16H,3-4,8-13,15H2,1-2H3,(H,21,22)(H,23,26). The molecule has 0 aromatic heterocycles. The van der Waals surface area contributed by atoms with Crippen LogP contribution in [0.2, 0.25) is 0 Å². The highest BCUT2D eigenvalue weighted by Gasteiger charge is 2.19. The maximum Gasteiger partial charge on any atom is 0.321 e. The average molecular weight is 358 g/mol. The predicted octanol–water partition coefficient (Wildman–Crippen LogP) is 3.12. The number of hydrogen-bond acceptors (Lipinski definition) is 2. The van der Waals surface area contributed by atoms with Gasteiger partial charge in [-0.3, -0.25) is 4.99 Å². The highest BCUT2D eigenvalue weighted by Crippen LogP contribution is 2.17. The fourth-order valence-electron chi connectivity index (χ4n) is 3.62. The normalized spacial score (nSPS) is 18.9. The Kier molecular flexibility index (Phi) is 6.36. The number of nitrogens with zero attached hydrogens (tertiary/aromatic N) is 3. The molecule has 1 aromatic carbocycles. The van der Waals surface area contributed by atoms with E-state index in [2.05, 4.69) is 33.5 Å². The summed E-state index contributed by atoms with van der Waals surface area (Å²) in [6.07, 6.45) is 4.65. The topological polar surface area (TPSA) is 60.0 Å². The van der Waals surface area contributed by atoms with Gasteiger partial charge in [0, 0.05) is 45.5 Å². The van der Waals surface area contributed by atoms with Crippen molar-refractivity contribution in [3.05, 3.63) is 29.8 Å². The zero-order valence-electron chi connectivity index (χ0n) is 16.0. The van der Waals surface area contributed by atoms with Crippen LogP contribution in [0.3, 0.4) is 0 Å². The average Bonchev–Trinajstić information content (AvgIpc) is 3.19. The summed E-state index contributed by atoms with van der Waals surface area (Å²) in [4.78, 5) is 20.9. The van der Waals surface area contributed by atoms with Crippen molar-refractivity contribution in [1.82, 2.24) is 15.1 Å². The number of anilines is 1. The van der Waals surface area contributed by atoms with E-state index in [0.29, 0.717) is 6.54 Å². The van der Waals surface area contributed by atoms with Crippen LogP contribution in [0.1, 0.15) is 38.2 Å². The van der Waals surface area contributed by atoms with Gasteiger partial charge in [-0.05, 0) is 49.3 Å². The van der Waals surface area contributed by atoms with Crippen molar-refractivity contribution >= 4 is 17.7 Å². The van der Waals surface area contributed by atoms with Gasteiger partial charge in [-0.25, -0.2) is 4.79 Å². The molecule has 0 spiro atoms. The van der Waals surface area contributed by atoms with E-state index in [1.807, 2.05) is 30.1 Å². The van der Waals surface area contributed by atoms with Gasteiger partial charge in [0.25, 0.3) is 0 Å². The smallest absolute Gasteiger partial charge is 0.321 e. The first kappa shape index (κ1) is 18.5. The minimum absolute atomic E-state index is 0.00542. The van der Waals surface area contributed by atoms with Crippen LogP contribution in [0.5, 0.6) is 0 Å². The van der Waals surface area contributed by atoms with Crippen molar-refractivity contribution in [2.75, 3.05) is 38.5 Å². The first-order chi connectivity index (χ1) is 12.7. The van der Waals surface area contributed by atoms with E-state index < -0.39 is 0 Å². The number of carbonyl (C=O) groups excluding carboxylic acids is 1. The third-order valence-electron chi connectivity index (χ3n) is 5.32. The molecule has 3 rings (SSSR count). The molecular formula is C20H31N5O. The number of benzene rings is 1. The van der Waals surface area contributed by atoms with Gasteiger partial charge in [-0.2, -0.15) is 0 Å². The quantitative estimate of drug-likeness (QED) is 0.645. The molecule has 2 aliphatic heterocycles. The Morgan fingerprint density at radius 3 is 2.58 bits per heavy atom. The summed E-state index contributed by atoms with van der Waals surface area (Å²) >= 11 is 0. The Morgan fingerprint density at radius 1 is 1.15 bits per heavy atom. The van der Waals surface area contributed by atoms with E-state index in [4.69, 9.17) is 0 Å². The summed E-state index contributed by atoms with van der Waals surface area (Å²) < 4.78 is 0. The number of nitrogens with one attached hydrogen (secondary N) is 2. The Hall–Kier alpha value is -2.24. The molecule has 0 unspecified atom stereocenters. The highest BCUT2D eigenvalue weighted by atomic mass is 16.2. The molecule has 2 N–H and O–H groups in total. The van der Waals surface area contributed by atoms with Crippen LogP contribution in [0.4, 0.5) is 10.5 Å². The van der Waals surface area contributed by atoms with Gasteiger partial charge in [-0.15, -0.1) is 0 Å². The van der Waals surface area contributed by atoms with Crippen LogP contribution >= 0.6 is 0 Å². The molecule has 26 heavy (non-hydrogen) atoms. The summed E-state index contributed by atoms with van der Waals surface area (Å²) in [7, 11) is 1.84. The minimum atomic E-state index is 0.00542. The molecule has 0 radical (unpaired) electrons. The largest absolute Gasteiger partial charge is 0.352 e. The first-order valence-corrected chi connectivity index (χ1v) is 9.76. The molecule has 1 aromatic rings. The molecule has 0 saturated carbocycles. The fraction of sp³-hybridized carbons (Fsp3) is 0.600. The van der Waals surface area contributed by atoms with Crippen LogP contribution in [-0.4, -0.2) is 55.0 Å². The number of amides is 2. The number of likely N-dealkylation sites (tertiary alicyclic amines) is 2. The van der Waals surface area contributed by atoms with Gasteiger partial charge < -0.3 is 20.4 Å². The number of rotatable bonds is 3. The lowest BCUT2D eigenvalue weighted by Crippen LogP contribution is -2.45. The van der Waals surface area contributed by atoms with E-state index in [1.54, 1.807) is 0 Å². The van der Waals surface area contributed by atoms with E-state index >= 15 is 0 Å². The van der Waals surface area contributed by atoms with Gasteiger partial charge in [0.2, 0.25) is 0 Å². The Balaban J connectivity index is 1.53.